The van der Waals surface area contributed by atoms with Gasteiger partial charge in [-0.25, -0.2) is 4.79 Å². The van der Waals surface area contributed by atoms with Gasteiger partial charge in [0.1, 0.15) is 12.1 Å². The molecule has 1 fully saturated rings. The van der Waals surface area contributed by atoms with Gasteiger partial charge in [-0.1, -0.05) is 0 Å². The zero-order valence-corrected chi connectivity index (χ0v) is 8.02. The third-order valence-electron chi connectivity index (χ3n) is 2.30. The molecule has 76 valence electrons. The molecule has 0 unspecified atom stereocenters. The lowest BCUT2D eigenvalue weighted by atomic mass is 10.2. The Labute approximate surface area is 82.2 Å². The summed E-state index contributed by atoms with van der Waals surface area (Å²) in [7, 11) is 0. The smallest absolute Gasteiger partial charge is 0.332 e. The zero-order chi connectivity index (χ0) is 10.6. The highest BCUT2D eigenvalue weighted by molar-refractivity contribution is 5.86. The second kappa shape index (κ2) is 4.09. The topological polar surface area (TPSA) is 70.4 Å². The van der Waals surface area contributed by atoms with E-state index in [4.69, 9.17) is 10.00 Å². The van der Waals surface area contributed by atoms with Gasteiger partial charge in [0.05, 0.1) is 12.7 Å². The molecule has 0 aliphatic heterocycles. The van der Waals surface area contributed by atoms with Gasteiger partial charge in [0, 0.05) is 0 Å². The van der Waals surface area contributed by atoms with Crippen LogP contribution in [0.4, 0.5) is 0 Å². The van der Waals surface area contributed by atoms with Crippen molar-refractivity contribution in [1.82, 2.24) is 4.90 Å². The quantitative estimate of drug-likeness (QED) is 0.354. The van der Waals surface area contributed by atoms with Crippen LogP contribution in [0.1, 0.15) is 19.8 Å². The molecule has 1 aliphatic rings. The van der Waals surface area contributed by atoms with Gasteiger partial charge in [0.15, 0.2) is 0 Å². The number of ether oxygens (including phenoxy) is 1. The maximum absolute atomic E-state index is 11.5. The molecule has 0 atom stereocenters. The van der Waals surface area contributed by atoms with Crippen LogP contribution < -0.4 is 0 Å². The minimum atomic E-state index is -0.840. The Bertz CT molecular complexity index is 278. The first-order chi connectivity index (χ1) is 6.71. The molecular weight excluding hydrogens is 184 g/mol. The van der Waals surface area contributed by atoms with Crippen LogP contribution in [0.25, 0.3) is 0 Å². The van der Waals surface area contributed by atoms with Crippen molar-refractivity contribution in [2.45, 2.75) is 25.3 Å². The van der Waals surface area contributed by atoms with Crippen LogP contribution in [0.15, 0.2) is 0 Å². The van der Waals surface area contributed by atoms with Crippen LogP contribution in [0.3, 0.4) is 0 Å². The summed E-state index contributed by atoms with van der Waals surface area (Å²) in [4.78, 5) is 23.3. The number of esters is 1. The summed E-state index contributed by atoms with van der Waals surface area (Å²) >= 11 is 0. The molecule has 0 bridgehead atoms. The first-order valence-electron chi connectivity index (χ1n) is 4.47. The van der Waals surface area contributed by atoms with Crippen LogP contribution in [0.5, 0.6) is 0 Å². The normalized spacial score (nSPS) is 16.6. The van der Waals surface area contributed by atoms with Crippen LogP contribution in [-0.4, -0.2) is 36.0 Å². The molecule has 0 heterocycles. The molecule has 1 saturated carbocycles. The number of rotatable bonds is 5. The van der Waals surface area contributed by atoms with E-state index in [0.29, 0.717) is 25.9 Å². The summed E-state index contributed by atoms with van der Waals surface area (Å²) in [5, 5.41) is 8.47. The van der Waals surface area contributed by atoms with E-state index in [0.717, 1.165) is 0 Å². The molecular formula is C9H12N2O3. The molecule has 5 heteroatoms. The molecule has 0 saturated heterocycles. The number of nitrogens with zero attached hydrogens (tertiary/aromatic N) is 2. The maximum atomic E-state index is 11.5. The van der Waals surface area contributed by atoms with Crippen molar-refractivity contribution < 1.29 is 14.3 Å². The average Bonchev–Trinajstić information content (AvgIpc) is 2.95. The fourth-order valence-electron chi connectivity index (χ4n) is 1.36. The summed E-state index contributed by atoms with van der Waals surface area (Å²) in [5.74, 6) is -0.401. The van der Waals surface area contributed by atoms with Crippen LogP contribution in [0, 0.1) is 11.3 Å². The number of carbonyl (C=O) groups is 2. The number of carbonyl (C=O) groups excluding carboxylic acids is 2. The van der Waals surface area contributed by atoms with Crippen molar-refractivity contribution in [1.29, 1.82) is 5.26 Å². The van der Waals surface area contributed by atoms with Crippen molar-refractivity contribution >= 4 is 12.4 Å². The molecule has 0 aromatic heterocycles. The van der Waals surface area contributed by atoms with Gasteiger partial charge in [-0.15, -0.1) is 0 Å². The van der Waals surface area contributed by atoms with Crippen LogP contribution in [-0.2, 0) is 14.3 Å². The van der Waals surface area contributed by atoms with Crippen molar-refractivity contribution in [3.63, 3.8) is 0 Å². The Morgan fingerprint density at radius 2 is 2.36 bits per heavy atom. The van der Waals surface area contributed by atoms with Crippen molar-refractivity contribution in [3.05, 3.63) is 0 Å². The number of hydrogen-bond acceptors (Lipinski definition) is 4. The van der Waals surface area contributed by atoms with Gasteiger partial charge in [-0.3, -0.25) is 4.79 Å². The summed E-state index contributed by atoms with van der Waals surface area (Å²) in [6.07, 6.45) is 1.71. The molecule has 5 nitrogen and oxygen atoms in total. The highest BCUT2D eigenvalue weighted by Gasteiger charge is 2.55. The van der Waals surface area contributed by atoms with Gasteiger partial charge in [0.25, 0.3) is 0 Å². The Kier molecular flexibility index (Phi) is 3.07. The van der Waals surface area contributed by atoms with Gasteiger partial charge in [-0.2, -0.15) is 5.26 Å². The fraction of sp³-hybridized carbons (Fsp3) is 0.667. The third kappa shape index (κ3) is 1.69. The first kappa shape index (κ1) is 10.5. The Morgan fingerprint density at radius 3 is 2.71 bits per heavy atom. The predicted molar refractivity (Wildman–Crippen MR) is 47.0 cm³/mol. The van der Waals surface area contributed by atoms with Crippen molar-refractivity contribution in [2.75, 3.05) is 13.2 Å². The number of nitriles is 1. The molecule has 0 spiro atoms. The maximum Gasteiger partial charge on any atom is 0.332 e. The van der Waals surface area contributed by atoms with Crippen LogP contribution >= 0.6 is 0 Å². The van der Waals surface area contributed by atoms with E-state index < -0.39 is 11.5 Å². The van der Waals surface area contributed by atoms with Crippen molar-refractivity contribution in [2.24, 2.45) is 0 Å². The highest BCUT2D eigenvalue weighted by Crippen LogP contribution is 2.41. The predicted octanol–water partition coefficient (Wildman–Crippen LogP) is 0.0641. The monoisotopic (exact) mass is 196 g/mol. The second-order valence-corrected chi connectivity index (χ2v) is 3.14. The van der Waals surface area contributed by atoms with E-state index in [-0.39, 0.29) is 6.54 Å². The van der Waals surface area contributed by atoms with E-state index in [1.54, 1.807) is 6.92 Å². The highest BCUT2D eigenvalue weighted by atomic mass is 16.5. The largest absolute Gasteiger partial charge is 0.464 e. The summed E-state index contributed by atoms with van der Waals surface area (Å²) in [6, 6.07) is 1.85. The standard InChI is InChI=1S/C9H12N2O3/c1-2-14-8(13)9(3-4-9)11(7-12)6-5-10/h7H,2-4,6H2,1H3. The second-order valence-electron chi connectivity index (χ2n) is 3.14. The lowest BCUT2D eigenvalue weighted by Gasteiger charge is -2.23. The molecule has 1 amide bonds. The van der Waals surface area contributed by atoms with E-state index in [9.17, 15) is 9.59 Å². The molecule has 1 rings (SSSR count). The molecule has 0 N–H and O–H groups in total. The summed E-state index contributed by atoms with van der Waals surface area (Å²) < 4.78 is 4.85. The SMILES string of the molecule is CCOC(=O)C1(N(C=O)CC#N)CC1. The van der Waals surface area contributed by atoms with E-state index in [1.807, 2.05) is 6.07 Å². The molecule has 1 aliphatic carbocycles. The minimum Gasteiger partial charge on any atom is -0.464 e. The fourth-order valence-corrected chi connectivity index (χ4v) is 1.36. The number of hydrogen-bond donors (Lipinski definition) is 0. The molecule has 0 radical (unpaired) electrons. The molecule has 0 aromatic rings. The third-order valence-corrected chi connectivity index (χ3v) is 2.30. The van der Waals surface area contributed by atoms with Crippen LogP contribution in [0.2, 0.25) is 0 Å². The Morgan fingerprint density at radius 1 is 1.71 bits per heavy atom. The van der Waals surface area contributed by atoms with E-state index >= 15 is 0 Å². The van der Waals surface area contributed by atoms with Crippen molar-refractivity contribution in [3.8, 4) is 6.07 Å². The lowest BCUT2D eigenvalue weighted by Crippen LogP contribution is -2.44. The summed E-state index contributed by atoms with van der Waals surface area (Å²) in [5.41, 5.74) is -0.840. The zero-order valence-electron chi connectivity index (χ0n) is 8.02. The van der Waals surface area contributed by atoms with E-state index in [2.05, 4.69) is 0 Å². The van der Waals surface area contributed by atoms with E-state index in [1.165, 1.54) is 4.90 Å². The summed E-state index contributed by atoms with van der Waals surface area (Å²) in [6.45, 7) is 1.94. The average molecular weight is 196 g/mol. The molecule has 14 heavy (non-hydrogen) atoms. The van der Waals surface area contributed by atoms with Gasteiger partial charge in [-0.05, 0) is 19.8 Å². The number of amides is 1. The lowest BCUT2D eigenvalue weighted by molar-refractivity contribution is -0.153. The van der Waals surface area contributed by atoms with Gasteiger partial charge >= 0.3 is 5.97 Å². The first-order valence-corrected chi connectivity index (χ1v) is 4.47. The van der Waals surface area contributed by atoms with Gasteiger partial charge in [0.2, 0.25) is 6.41 Å². The minimum absolute atomic E-state index is 0.0671. The van der Waals surface area contributed by atoms with Gasteiger partial charge < -0.3 is 9.64 Å². The Balaban J connectivity index is 2.68. The molecule has 0 aromatic carbocycles. The Hall–Kier alpha value is -1.57.